The van der Waals surface area contributed by atoms with E-state index in [1.165, 1.54) is 0 Å². The minimum absolute atomic E-state index is 0.0442. The van der Waals surface area contributed by atoms with Crippen molar-refractivity contribution in [1.82, 2.24) is 9.61 Å². The summed E-state index contributed by atoms with van der Waals surface area (Å²) >= 11 is 3.26. The van der Waals surface area contributed by atoms with Gasteiger partial charge in [-0.3, -0.25) is 4.79 Å². The van der Waals surface area contributed by atoms with E-state index in [9.17, 15) is 4.79 Å². The van der Waals surface area contributed by atoms with Crippen molar-refractivity contribution in [1.29, 1.82) is 0 Å². The number of aryl methyl sites for hydroxylation is 1. The number of Topliss-reactive ketones (excluding diaryl/α,β-unsaturated/α-hetero) is 1. The first-order chi connectivity index (χ1) is 11.7. The fourth-order valence-corrected chi connectivity index (χ4v) is 2.62. The first-order valence-electron chi connectivity index (χ1n) is 8.34. The topological polar surface area (TPSA) is 34.4 Å². The van der Waals surface area contributed by atoms with Crippen LogP contribution in [0.3, 0.4) is 0 Å². The van der Waals surface area contributed by atoms with Crippen LogP contribution < -0.4 is 0 Å². The van der Waals surface area contributed by atoms with Crippen LogP contribution in [0.1, 0.15) is 43.6 Å². The lowest BCUT2D eigenvalue weighted by Crippen LogP contribution is -2.01. The van der Waals surface area contributed by atoms with Gasteiger partial charge in [0, 0.05) is 11.8 Å². The molecule has 0 saturated heterocycles. The fourth-order valence-electron chi connectivity index (χ4n) is 2.33. The molecule has 0 atom stereocenters. The molecular formula is C20H25BrN2O. The van der Waals surface area contributed by atoms with Crippen LogP contribution in [0.4, 0.5) is 0 Å². The minimum Gasteiger partial charge on any atom is -0.293 e. The Kier molecular flexibility index (Phi) is 8.41. The Hall–Kier alpha value is -1.94. The van der Waals surface area contributed by atoms with Gasteiger partial charge in [-0.2, -0.15) is 5.10 Å². The highest BCUT2D eigenvalue weighted by Gasteiger charge is 2.19. The van der Waals surface area contributed by atoms with E-state index in [1.54, 1.807) is 4.52 Å². The number of nitrogens with zero attached hydrogens (tertiary/aromatic N) is 2. The van der Waals surface area contributed by atoms with E-state index >= 15 is 0 Å². The van der Waals surface area contributed by atoms with Gasteiger partial charge in [0.25, 0.3) is 0 Å². The third-order valence-corrected chi connectivity index (χ3v) is 3.74. The molecule has 0 aliphatic heterocycles. The highest BCUT2D eigenvalue weighted by atomic mass is 79.9. The van der Waals surface area contributed by atoms with Gasteiger partial charge in [0.15, 0.2) is 5.78 Å². The van der Waals surface area contributed by atoms with Crippen LogP contribution in [0.2, 0.25) is 0 Å². The molecule has 24 heavy (non-hydrogen) atoms. The van der Waals surface area contributed by atoms with Crippen molar-refractivity contribution in [2.24, 2.45) is 0 Å². The van der Waals surface area contributed by atoms with E-state index in [-0.39, 0.29) is 5.78 Å². The lowest BCUT2D eigenvalue weighted by molar-refractivity contribution is 0.102. The maximum absolute atomic E-state index is 12.3. The predicted octanol–water partition coefficient (Wildman–Crippen LogP) is 5.94. The van der Waals surface area contributed by atoms with Crippen LogP contribution in [0.15, 0.2) is 48.7 Å². The number of carbonyl (C=O) groups excluding carboxylic acids is 1. The van der Waals surface area contributed by atoms with Gasteiger partial charge in [-0.25, -0.2) is 4.52 Å². The third kappa shape index (κ3) is 4.32. The molecule has 1 aromatic carbocycles. The average Bonchev–Trinajstić information content (AvgIpc) is 3.04. The molecule has 0 saturated carbocycles. The number of rotatable bonds is 3. The summed E-state index contributed by atoms with van der Waals surface area (Å²) in [6, 6.07) is 13.8. The number of benzene rings is 1. The number of ketones is 1. The Labute approximate surface area is 152 Å². The number of aromatic nitrogens is 2. The number of alkyl halides is 1. The summed E-state index contributed by atoms with van der Waals surface area (Å²) in [6.07, 6.45) is 1.86. The average molecular weight is 389 g/mol. The molecule has 2 aromatic heterocycles. The molecule has 0 aliphatic carbocycles. The van der Waals surface area contributed by atoms with E-state index in [0.29, 0.717) is 10.9 Å². The smallest absolute Gasteiger partial charge is 0.177 e. The molecule has 0 N–H and O–H groups in total. The van der Waals surface area contributed by atoms with Crippen LogP contribution in [-0.2, 0) is 0 Å². The summed E-state index contributed by atoms with van der Waals surface area (Å²) in [6.45, 7) is 10.0. The zero-order valence-corrected chi connectivity index (χ0v) is 16.6. The maximum Gasteiger partial charge on any atom is 0.177 e. The van der Waals surface area contributed by atoms with Crippen LogP contribution in [0, 0.1) is 6.92 Å². The molecule has 0 bridgehead atoms. The van der Waals surface area contributed by atoms with E-state index < -0.39 is 0 Å². The van der Waals surface area contributed by atoms with Crippen molar-refractivity contribution < 1.29 is 4.79 Å². The Balaban J connectivity index is 0.000000671. The summed E-state index contributed by atoms with van der Waals surface area (Å²) in [5, 5.41) is 4.86. The second kappa shape index (κ2) is 10.0. The molecule has 3 nitrogen and oxygen atoms in total. The zero-order valence-electron chi connectivity index (χ0n) is 15.0. The van der Waals surface area contributed by atoms with Gasteiger partial charge >= 0.3 is 0 Å². The van der Waals surface area contributed by atoms with Crippen molar-refractivity contribution in [3.8, 4) is 11.3 Å². The second-order valence-electron chi connectivity index (χ2n) is 4.68. The second-order valence-corrected chi connectivity index (χ2v) is 5.24. The van der Waals surface area contributed by atoms with Crippen molar-refractivity contribution in [2.75, 3.05) is 5.33 Å². The van der Waals surface area contributed by atoms with Gasteiger partial charge in [0.1, 0.15) is 5.69 Å². The van der Waals surface area contributed by atoms with E-state index in [1.807, 2.05) is 83.3 Å². The standard InChI is InChI=1S/C16H13BrN2O.2C2H6/c1-11-5-4-6-12(9-11)16-15(14(20)10-17)13-7-2-3-8-19(13)18-16;2*1-2/h2-9H,10H2,1H3;2*1-2H3. The SMILES string of the molecule is CC.CC.Cc1cccc(-c2nn3ccccc3c2C(=O)CBr)c1. The van der Waals surface area contributed by atoms with Crippen molar-refractivity contribution >= 4 is 27.2 Å². The van der Waals surface area contributed by atoms with Crippen molar-refractivity contribution in [3.05, 3.63) is 59.8 Å². The Morgan fingerprint density at radius 2 is 1.79 bits per heavy atom. The summed E-state index contributed by atoms with van der Waals surface area (Å²) in [4.78, 5) is 12.3. The molecule has 3 rings (SSSR count). The van der Waals surface area contributed by atoms with Gasteiger partial charge in [-0.15, -0.1) is 0 Å². The van der Waals surface area contributed by atoms with Crippen molar-refractivity contribution in [3.63, 3.8) is 0 Å². The van der Waals surface area contributed by atoms with E-state index in [0.717, 1.165) is 22.3 Å². The molecule has 0 unspecified atom stereocenters. The molecule has 4 heteroatoms. The summed E-state index contributed by atoms with van der Waals surface area (Å²) < 4.78 is 1.76. The van der Waals surface area contributed by atoms with Crippen molar-refractivity contribution in [2.45, 2.75) is 34.6 Å². The fraction of sp³-hybridized carbons (Fsp3) is 0.300. The zero-order chi connectivity index (χ0) is 18.1. The first kappa shape index (κ1) is 20.1. The van der Waals surface area contributed by atoms with Gasteiger partial charge in [0.05, 0.1) is 16.4 Å². The Morgan fingerprint density at radius 1 is 1.08 bits per heavy atom. The lowest BCUT2D eigenvalue weighted by atomic mass is 10.0. The van der Waals surface area contributed by atoms with Crippen LogP contribution in [0.25, 0.3) is 16.8 Å². The first-order valence-corrected chi connectivity index (χ1v) is 9.46. The Bertz CT molecular complexity index is 793. The van der Waals surface area contributed by atoms with Gasteiger partial charge in [-0.05, 0) is 25.1 Å². The third-order valence-electron chi connectivity index (χ3n) is 3.23. The number of hydrogen-bond acceptors (Lipinski definition) is 2. The minimum atomic E-state index is 0.0442. The largest absolute Gasteiger partial charge is 0.293 e. The highest BCUT2D eigenvalue weighted by molar-refractivity contribution is 9.09. The molecule has 0 spiro atoms. The van der Waals surface area contributed by atoms with E-state index in [4.69, 9.17) is 0 Å². The van der Waals surface area contributed by atoms with Crippen LogP contribution in [0.5, 0.6) is 0 Å². The number of pyridine rings is 1. The predicted molar refractivity (Wildman–Crippen MR) is 106 cm³/mol. The molecule has 2 heterocycles. The number of hydrogen-bond donors (Lipinski definition) is 0. The van der Waals surface area contributed by atoms with Gasteiger partial charge < -0.3 is 0 Å². The summed E-state index contributed by atoms with van der Waals surface area (Å²) in [7, 11) is 0. The molecule has 0 fully saturated rings. The lowest BCUT2D eigenvalue weighted by Gasteiger charge is -2.02. The molecule has 0 amide bonds. The number of carbonyl (C=O) groups is 1. The molecule has 0 radical (unpaired) electrons. The maximum atomic E-state index is 12.3. The number of fused-ring (bicyclic) bond motifs is 1. The quantitative estimate of drug-likeness (QED) is 0.410. The summed E-state index contributed by atoms with van der Waals surface area (Å²) in [5.41, 5.74) is 4.38. The molecule has 128 valence electrons. The molecule has 3 aromatic rings. The van der Waals surface area contributed by atoms with Gasteiger partial charge in [-0.1, -0.05) is 73.5 Å². The Morgan fingerprint density at radius 3 is 2.42 bits per heavy atom. The van der Waals surface area contributed by atoms with Gasteiger partial charge in [0.2, 0.25) is 0 Å². The number of halogens is 1. The summed E-state index contributed by atoms with van der Waals surface area (Å²) in [5.74, 6) is 0.0442. The monoisotopic (exact) mass is 388 g/mol. The molecular weight excluding hydrogens is 364 g/mol. The van der Waals surface area contributed by atoms with Crippen LogP contribution >= 0.6 is 15.9 Å². The molecule has 0 aliphatic rings. The highest BCUT2D eigenvalue weighted by Crippen LogP contribution is 2.27. The van der Waals surface area contributed by atoms with E-state index in [2.05, 4.69) is 21.0 Å². The van der Waals surface area contributed by atoms with Crippen LogP contribution in [-0.4, -0.2) is 20.7 Å². The normalized spacial score (nSPS) is 9.58.